The molecule has 0 amide bonds. The normalized spacial score (nSPS) is 8.62. The van der Waals surface area contributed by atoms with Gasteiger partial charge in [0.1, 0.15) is 0 Å². The first kappa shape index (κ1) is 23.4. The number of allylic oxidation sites excluding steroid dienone is 2. The van der Waals surface area contributed by atoms with Gasteiger partial charge in [0, 0.05) is 0 Å². The Hall–Kier alpha value is 0.474. The Morgan fingerprint density at radius 3 is 1.69 bits per heavy atom. The van der Waals surface area contributed by atoms with E-state index in [4.69, 9.17) is 0 Å². The predicted molar refractivity (Wildman–Crippen MR) is 60.4 cm³/mol. The Morgan fingerprint density at radius 1 is 1.23 bits per heavy atom. The maximum Gasteiger partial charge on any atom is 2.00 e. The summed E-state index contributed by atoms with van der Waals surface area (Å²) in [6, 6.07) is 0. The number of hydrogen-bond acceptors (Lipinski definition) is 0. The van der Waals surface area contributed by atoms with Gasteiger partial charge in [-0.1, -0.05) is 0 Å². The zero-order valence-corrected chi connectivity index (χ0v) is 10.7. The molecule has 4 heteroatoms. The molecule has 0 unspecified atom stereocenters. The molecule has 0 aromatic carbocycles. The van der Waals surface area contributed by atoms with Gasteiger partial charge in [0.05, 0.1) is 0 Å². The van der Waals surface area contributed by atoms with Gasteiger partial charge in [-0.05, 0) is 0 Å². The summed E-state index contributed by atoms with van der Waals surface area (Å²) in [5, 5.41) is 3.97. The van der Waals surface area contributed by atoms with Crippen molar-refractivity contribution in [1.82, 2.24) is 0 Å². The van der Waals surface area contributed by atoms with E-state index >= 15 is 0 Å². The monoisotopic (exact) mass is 255 g/mol. The third kappa shape index (κ3) is 45.7. The third-order valence-corrected chi connectivity index (χ3v) is 0.721. The number of nitrogens with zero attached hydrogens (tertiary/aromatic N) is 1. The zero-order chi connectivity index (χ0) is 7.66. The predicted octanol–water partition coefficient (Wildman–Crippen LogP) is 3.32. The largest absolute Gasteiger partial charge is 2.00 e. The molecular weight excluding hydrogens is 241 g/mol. The van der Waals surface area contributed by atoms with Crippen LogP contribution in [0.3, 0.4) is 0 Å². The van der Waals surface area contributed by atoms with Gasteiger partial charge in [0.2, 0.25) is 0 Å². The van der Waals surface area contributed by atoms with Crippen LogP contribution in [0.2, 0.25) is 0 Å². The van der Waals surface area contributed by atoms with Gasteiger partial charge in [0.15, 0.2) is 0 Å². The maximum absolute atomic E-state index is 3.97. The molecule has 0 radical (unpaired) electrons. The van der Waals surface area contributed by atoms with Crippen LogP contribution in [-0.4, -0.2) is 13.1 Å². The van der Waals surface area contributed by atoms with Crippen molar-refractivity contribution >= 4 is 24.8 Å². The molecule has 0 atom stereocenters. The van der Waals surface area contributed by atoms with E-state index in [2.05, 4.69) is 24.6 Å². The molecule has 0 aromatic heterocycles. The van der Waals surface area contributed by atoms with Crippen molar-refractivity contribution in [2.75, 3.05) is 13.1 Å². The van der Waals surface area contributed by atoms with Gasteiger partial charge in [0.25, 0.3) is 0 Å². The first-order chi connectivity index (χ1) is 4.91. The van der Waals surface area contributed by atoms with E-state index in [1.165, 1.54) is 0 Å². The van der Waals surface area contributed by atoms with Gasteiger partial charge >= 0.3 is 21.7 Å². The fraction of sp³-hybridized carbons (Fsp3) is 0.333. The molecule has 0 aromatic rings. The minimum atomic E-state index is 0. The topological polar surface area (TPSA) is 14.1 Å². The van der Waals surface area contributed by atoms with E-state index in [1.807, 2.05) is 6.08 Å². The fourth-order valence-corrected chi connectivity index (χ4v) is 0.257. The van der Waals surface area contributed by atoms with Crippen molar-refractivity contribution in [3.05, 3.63) is 42.8 Å². The number of hydrogen-bond donors (Lipinski definition) is 0. The fourth-order valence-electron chi connectivity index (χ4n) is 0.257. The van der Waals surface area contributed by atoms with Crippen molar-refractivity contribution in [3.8, 4) is 0 Å². The van der Waals surface area contributed by atoms with Gasteiger partial charge in [-0.15, -0.1) is 63.2 Å². The zero-order valence-electron chi connectivity index (χ0n) is 7.53. The Balaban J connectivity index is -0.0000000585. The van der Waals surface area contributed by atoms with E-state index in [-0.39, 0.29) is 46.5 Å². The standard InChI is InChI=1S/C6H10N.C3H3.2ClH.Ti/c1-3-5-7-6-4-2;1-2-3-1;;;/h3-4H,1-2,5-6H2;1H,2H2;2*1H;/q2*-1;;;+2. The minimum Gasteiger partial charge on any atom is -0.656 e. The third-order valence-electron chi connectivity index (χ3n) is 0.721. The summed E-state index contributed by atoms with van der Waals surface area (Å²) in [5.74, 6) is 0. The Bertz CT molecular complexity index is 115. The summed E-state index contributed by atoms with van der Waals surface area (Å²) < 4.78 is 0. The van der Waals surface area contributed by atoms with Crippen LogP contribution in [0.4, 0.5) is 0 Å². The van der Waals surface area contributed by atoms with Crippen molar-refractivity contribution < 1.29 is 21.7 Å². The van der Waals surface area contributed by atoms with Crippen LogP contribution in [0.1, 0.15) is 6.42 Å². The van der Waals surface area contributed by atoms with Crippen molar-refractivity contribution in [3.63, 3.8) is 0 Å². The molecule has 1 aliphatic carbocycles. The molecule has 0 spiro atoms. The van der Waals surface area contributed by atoms with Crippen LogP contribution < -0.4 is 0 Å². The average molecular weight is 256 g/mol. The van der Waals surface area contributed by atoms with Crippen LogP contribution in [0.5, 0.6) is 0 Å². The van der Waals surface area contributed by atoms with Gasteiger partial charge in [-0.3, -0.25) is 6.08 Å². The summed E-state index contributed by atoms with van der Waals surface area (Å²) in [6.07, 6.45) is 9.53. The first-order valence-corrected chi connectivity index (χ1v) is 3.32. The van der Waals surface area contributed by atoms with E-state index in [1.54, 1.807) is 12.2 Å². The summed E-state index contributed by atoms with van der Waals surface area (Å²) in [7, 11) is 0. The molecule has 1 nitrogen and oxygen atoms in total. The van der Waals surface area contributed by atoms with E-state index in [0.29, 0.717) is 0 Å². The van der Waals surface area contributed by atoms with E-state index < -0.39 is 0 Å². The average Bonchev–Trinajstić information content (AvgIpc) is 2.73. The summed E-state index contributed by atoms with van der Waals surface area (Å²) in [4.78, 5) is 0. The Labute approximate surface area is 108 Å². The molecular formula is C9H15Cl2NTi. The van der Waals surface area contributed by atoms with E-state index in [0.717, 1.165) is 19.5 Å². The van der Waals surface area contributed by atoms with Crippen LogP contribution in [0.25, 0.3) is 5.32 Å². The molecule has 0 saturated heterocycles. The van der Waals surface area contributed by atoms with Crippen LogP contribution in [-0.2, 0) is 21.7 Å². The minimum absolute atomic E-state index is 0. The second-order valence-corrected chi connectivity index (χ2v) is 1.78. The number of halogens is 2. The van der Waals surface area contributed by atoms with Crippen LogP contribution in [0, 0.1) is 6.08 Å². The molecule has 0 bridgehead atoms. The molecule has 74 valence electrons. The molecule has 0 aliphatic heterocycles. The van der Waals surface area contributed by atoms with Crippen LogP contribution in [0.15, 0.2) is 31.4 Å². The van der Waals surface area contributed by atoms with Crippen molar-refractivity contribution in [2.45, 2.75) is 6.42 Å². The molecule has 0 N–H and O–H groups in total. The quantitative estimate of drug-likeness (QED) is 0.317. The van der Waals surface area contributed by atoms with Crippen molar-refractivity contribution in [1.29, 1.82) is 0 Å². The molecule has 0 saturated carbocycles. The van der Waals surface area contributed by atoms with Gasteiger partial charge in [-0.2, -0.15) is 0 Å². The summed E-state index contributed by atoms with van der Waals surface area (Å²) >= 11 is 0. The SMILES string of the molecule is C=CC[N-]CC=C.Cl.Cl.[C-]1=CC1.[Ti+2]. The molecule has 13 heavy (non-hydrogen) atoms. The molecule has 1 rings (SSSR count). The second kappa shape index (κ2) is 22.9. The second-order valence-electron chi connectivity index (χ2n) is 1.78. The van der Waals surface area contributed by atoms with Gasteiger partial charge < -0.3 is 11.4 Å². The van der Waals surface area contributed by atoms with E-state index in [9.17, 15) is 0 Å². The van der Waals surface area contributed by atoms with Crippen LogP contribution >= 0.6 is 24.8 Å². The molecule has 0 heterocycles. The smallest absolute Gasteiger partial charge is 0.656 e. The Kier molecular flexibility index (Phi) is 41.1. The number of rotatable bonds is 4. The molecule has 0 fully saturated rings. The summed E-state index contributed by atoms with van der Waals surface area (Å²) in [5.41, 5.74) is 0. The first-order valence-electron chi connectivity index (χ1n) is 3.32. The summed E-state index contributed by atoms with van der Waals surface area (Å²) in [6.45, 7) is 8.49. The van der Waals surface area contributed by atoms with Gasteiger partial charge in [-0.25, -0.2) is 6.42 Å². The van der Waals surface area contributed by atoms with Crippen molar-refractivity contribution in [2.24, 2.45) is 0 Å². The molecule has 1 aliphatic rings. The maximum atomic E-state index is 3.97. The Morgan fingerprint density at radius 2 is 1.54 bits per heavy atom.